The van der Waals surface area contributed by atoms with Crippen LogP contribution in [0, 0.1) is 0 Å². The first kappa shape index (κ1) is 13.2. The molecule has 1 aliphatic heterocycles. The Bertz CT molecular complexity index is 595. The summed E-state index contributed by atoms with van der Waals surface area (Å²) in [6.45, 7) is 5.34. The standard InChI is InChI=1S/C16H21N3O/c1-3-8-19(13-10-17-11-13)16-15-9-14(20-2)5-4-12(15)6-7-18-16/h4-7,9,13,17H,3,8,10-11H2,1-2H3. The van der Waals surface area contributed by atoms with Crippen LogP contribution in [0.5, 0.6) is 5.75 Å². The Kier molecular flexibility index (Phi) is 3.74. The molecule has 1 fully saturated rings. The molecule has 0 atom stereocenters. The van der Waals surface area contributed by atoms with Gasteiger partial charge < -0.3 is 15.0 Å². The maximum Gasteiger partial charge on any atom is 0.136 e. The second-order valence-electron chi connectivity index (χ2n) is 5.23. The molecule has 1 aliphatic rings. The summed E-state index contributed by atoms with van der Waals surface area (Å²) in [6.07, 6.45) is 3.03. The number of methoxy groups -OCH3 is 1. The number of nitrogens with one attached hydrogen (secondary N) is 1. The lowest BCUT2D eigenvalue weighted by molar-refractivity contribution is 0.410. The molecular weight excluding hydrogens is 250 g/mol. The van der Waals surface area contributed by atoms with Gasteiger partial charge in [-0.3, -0.25) is 0 Å². The molecule has 1 aromatic carbocycles. The third-order valence-electron chi connectivity index (χ3n) is 3.89. The van der Waals surface area contributed by atoms with E-state index in [-0.39, 0.29) is 0 Å². The number of benzene rings is 1. The summed E-state index contributed by atoms with van der Waals surface area (Å²) in [5, 5.41) is 5.73. The molecule has 0 amide bonds. The van der Waals surface area contributed by atoms with E-state index in [0.29, 0.717) is 6.04 Å². The van der Waals surface area contributed by atoms with E-state index in [4.69, 9.17) is 4.74 Å². The Morgan fingerprint density at radius 3 is 2.85 bits per heavy atom. The van der Waals surface area contributed by atoms with Gasteiger partial charge in [-0.15, -0.1) is 0 Å². The van der Waals surface area contributed by atoms with Gasteiger partial charge in [-0.2, -0.15) is 0 Å². The Labute approximate surface area is 119 Å². The Balaban J connectivity index is 2.07. The molecule has 20 heavy (non-hydrogen) atoms. The van der Waals surface area contributed by atoms with E-state index in [1.54, 1.807) is 7.11 Å². The SMILES string of the molecule is CCCN(c1nccc2ccc(OC)cc12)C1CNC1. The minimum atomic E-state index is 0.555. The summed E-state index contributed by atoms with van der Waals surface area (Å²) in [5.74, 6) is 1.96. The van der Waals surface area contributed by atoms with Crippen molar-refractivity contribution in [2.75, 3.05) is 31.6 Å². The van der Waals surface area contributed by atoms with Crippen molar-refractivity contribution in [2.24, 2.45) is 0 Å². The first-order chi connectivity index (χ1) is 9.83. The number of pyridine rings is 1. The first-order valence-corrected chi connectivity index (χ1v) is 7.23. The van der Waals surface area contributed by atoms with Gasteiger partial charge in [0.2, 0.25) is 0 Å². The van der Waals surface area contributed by atoms with E-state index in [2.05, 4.69) is 40.3 Å². The minimum Gasteiger partial charge on any atom is -0.497 e. The second kappa shape index (κ2) is 5.67. The fraction of sp³-hybridized carbons (Fsp3) is 0.438. The van der Waals surface area contributed by atoms with E-state index < -0.39 is 0 Å². The van der Waals surface area contributed by atoms with Crippen LogP contribution in [0.1, 0.15) is 13.3 Å². The monoisotopic (exact) mass is 271 g/mol. The van der Waals surface area contributed by atoms with Crippen molar-refractivity contribution in [3.8, 4) is 5.75 Å². The molecule has 0 spiro atoms. The Morgan fingerprint density at radius 1 is 1.35 bits per heavy atom. The number of hydrogen-bond acceptors (Lipinski definition) is 4. The van der Waals surface area contributed by atoms with Crippen LogP contribution in [0.4, 0.5) is 5.82 Å². The molecule has 0 bridgehead atoms. The molecule has 1 N–H and O–H groups in total. The molecule has 2 aromatic rings. The van der Waals surface area contributed by atoms with Crippen molar-refractivity contribution in [3.63, 3.8) is 0 Å². The fourth-order valence-corrected chi connectivity index (χ4v) is 2.68. The van der Waals surface area contributed by atoms with Gasteiger partial charge in [0.25, 0.3) is 0 Å². The number of ether oxygens (including phenoxy) is 1. The quantitative estimate of drug-likeness (QED) is 0.906. The summed E-state index contributed by atoms with van der Waals surface area (Å²) in [5.41, 5.74) is 0. The van der Waals surface area contributed by atoms with Crippen LogP contribution in [0.25, 0.3) is 10.8 Å². The third-order valence-corrected chi connectivity index (χ3v) is 3.89. The van der Waals surface area contributed by atoms with Crippen molar-refractivity contribution < 1.29 is 4.74 Å². The lowest BCUT2D eigenvalue weighted by atomic mass is 10.1. The molecule has 4 nitrogen and oxygen atoms in total. The summed E-state index contributed by atoms with van der Waals surface area (Å²) < 4.78 is 5.36. The molecule has 0 saturated carbocycles. The fourth-order valence-electron chi connectivity index (χ4n) is 2.68. The highest BCUT2D eigenvalue weighted by atomic mass is 16.5. The zero-order chi connectivity index (χ0) is 13.9. The van der Waals surface area contributed by atoms with Crippen LogP contribution in [-0.4, -0.2) is 37.8 Å². The van der Waals surface area contributed by atoms with Gasteiger partial charge in [-0.05, 0) is 30.0 Å². The average molecular weight is 271 g/mol. The van der Waals surface area contributed by atoms with Crippen LogP contribution in [0.2, 0.25) is 0 Å². The highest BCUT2D eigenvalue weighted by molar-refractivity contribution is 5.93. The van der Waals surface area contributed by atoms with Crippen LogP contribution >= 0.6 is 0 Å². The molecule has 3 rings (SSSR count). The second-order valence-corrected chi connectivity index (χ2v) is 5.23. The van der Waals surface area contributed by atoms with E-state index in [9.17, 15) is 0 Å². The molecule has 2 heterocycles. The highest BCUT2D eigenvalue weighted by Crippen LogP contribution is 2.29. The van der Waals surface area contributed by atoms with Gasteiger partial charge in [-0.25, -0.2) is 4.98 Å². The normalized spacial score (nSPS) is 15.1. The zero-order valence-corrected chi connectivity index (χ0v) is 12.1. The highest BCUT2D eigenvalue weighted by Gasteiger charge is 2.26. The maximum absolute atomic E-state index is 5.36. The largest absolute Gasteiger partial charge is 0.497 e. The van der Waals surface area contributed by atoms with Crippen molar-refractivity contribution in [1.82, 2.24) is 10.3 Å². The number of hydrogen-bond donors (Lipinski definition) is 1. The predicted octanol–water partition coefficient (Wildman–Crippen LogP) is 2.43. The summed E-state index contributed by atoms with van der Waals surface area (Å²) in [7, 11) is 1.71. The predicted molar refractivity (Wildman–Crippen MR) is 82.6 cm³/mol. The molecule has 0 radical (unpaired) electrons. The average Bonchev–Trinajstić information content (AvgIpc) is 2.43. The van der Waals surface area contributed by atoms with Crippen molar-refractivity contribution >= 4 is 16.6 Å². The van der Waals surface area contributed by atoms with E-state index >= 15 is 0 Å². The first-order valence-electron chi connectivity index (χ1n) is 7.23. The number of fused-ring (bicyclic) bond motifs is 1. The van der Waals surface area contributed by atoms with Crippen molar-refractivity contribution in [1.29, 1.82) is 0 Å². The number of anilines is 1. The van der Waals surface area contributed by atoms with Gasteiger partial charge in [0.15, 0.2) is 0 Å². The molecule has 0 aliphatic carbocycles. The van der Waals surface area contributed by atoms with E-state index in [1.807, 2.05) is 12.3 Å². The van der Waals surface area contributed by atoms with Crippen LogP contribution < -0.4 is 15.0 Å². The van der Waals surface area contributed by atoms with Crippen LogP contribution in [-0.2, 0) is 0 Å². The van der Waals surface area contributed by atoms with Gasteiger partial charge in [-0.1, -0.05) is 13.0 Å². The van der Waals surface area contributed by atoms with Crippen molar-refractivity contribution in [2.45, 2.75) is 19.4 Å². The smallest absolute Gasteiger partial charge is 0.136 e. The van der Waals surface area contributed by atoms with Gasteiger partial charge in [0.1, 0.15) is 11.6 Å². The Morgan fingerprint density at radius 2 is 2.20 bits per heavy atom. The number of nitrogens with zero attached hydrogens (tertiary/aromatic N) is 2. The summed E-state index contributed by atoms with van der Waals surface area (Å²) in [4.78, 5) is 7.08. The number of rotatable bonds is 5. The zero-order valence-electron chi connectivity index (χ0n) is 12.1. The minimum absolute atomic E-state index is 0.555. The molecular formula is C16H21N3O. The molecule has 106 valence electrons. The summed E-state index contributed by atoms with van der Waals surface area (Å²) in [6, 6.07) is 8.80. The maximum atomic E-state index is 5.36. The third kappa shape index (κ3) is 2.31. The van der Waals surface area contributed by atoms with Crippen LogP contribution in [0.3, 0.4) is 0 Å². The topological polar surface area (TPSA) is 37.4 Å². The summed E-state index contributed by atoms with van der Waals surface area (Å²) >= 11 is 0. The molecule has 0 unspecified atom stereocenters. The van der Waals surface area contributed by atoms with Crippen molar-refractivity contribution in [3.05, 3.63) is 30.5 Å². The lowest BCUT2D eigenvalue weighted by Crippen LogP contribution is -2.57. The van der Waals surface area contributed by atoms with Gasteiger partial charge in [0, 0.05) is 31.2 Å². The van der Waals surface area contributed by atoms with E-state index in [0.717, 1.165) is 37.6 Å². The van der Waals surface area contributed by atoms with Crippen LogP contribution in [0.15, 0.2) is 30.5 Å². The molecule has 1 aromatic heterocycles. The number of aromatic nitrogens is 1. The molecule has 4 heteroatoms. The van der Waals surface area contributed by atoms with E-state index in [1.165, 1.54) is 10.8 Å². The van der Waals surface area contributed by atoms with Gasteiger partial charge >= 0.3 is 0 Å². The molecule has 1 saturated heterocycles. The Hall–Kier alpha value is -1.81. The van der Waals surface area contributed by atoms with Gasteiger partial charge in [0.05, 0.1) is 13.2 Å². The lowest BCUT2D eigenvalue weighted by Gasteiger charge is -2.39.